The summed E-state index contributed by atoms with van der Waals surface area (Å²) in [5, 5.41) is 9.96. The summed E-state index contributed by atoms with van der Waals surface area (Å²) in [4.78, 5) is 11.3. The molecule has 1 aromatic rings. The van der Waals surface area contributed by atoms with Crippen LogP contribution in [0.25, 0.3) is 0 Å². The van der Waals surface area contributed by atoms with Crippen molar-refractivity contribution in [1.82, 2.24) is 0 Å². The zero-order valence-corrected chi connectivity index (χ0v) is 10.5. The molecule has 0 saturated heterocycles. The van der Waals surface area contributed by atoms with Crippen molar-refractivity contribution in [3.8, 4) is 5.75 Å². The summed E-state index contributed by atoms with van der Waals surface area (Å²) in [6.45, 7) is 0.301. The molecular formula is C11H17NO3S. The first-order valence-corrected chi connectivity index (χ1v) is 5.88. The molecule has 0 aliphatic carbocycles. The van der Waals surface area contributed by atoms with Crippen LogP contribution in [0.15, 0.2) is 23.1 Å². The largest absolute Gasteiger partial charge is 0.495 e. The molecule has 0 radical (unpaired) electrons. The molecule has 5 heteroatoms. The van der Waals surface area contributed by atoms with Crippen LogP contribution in [-0.2, 0) is 4.79 Å². The van der Waals surface area contributed by atoms with Gasteiger partial charge in [0.15, 0.2) is 0 Å². The number of aldehydes is 1. The van der Waals surface area contributed by atoms with Crippen LogP contribution in [0.4, 0.5) is 5.69 Å². The monoisotopic (exact) mass is 243 g/mol. The third-order valence-electron chi connectivity index (χ3n) is 1.78. The summed E-state index contributed by atoms with van der Waals surface area (Å²) in [6, 6.07) is 5.84. The Kier molecular flexibility index (Phi) is 8.38. The van der Waals surface area contributed by atoms with E-state index in [9.17, 15) is 4.79 Å². The number of ether oxygens (including phenoxy) is 1. The van der Waals surface area contributed by atoms with Gasteiger partial charge in [-0.15, -0.1) is 11.8 Å². The molecule has 0 aliphatic rings. The van der Waals surface area contributed by atoms with Gasteiger partial charge < -0.3 is 20.0 Å². The molecule has 2 N–H and O–H groups in total. The van der Waals surface area contributed by atoms with Crippen LogP contribution in [0.5, 0.6) is 5.75 Å². The van der Waals surface area contributed by atoms with Crippen LogP contribution in [0, 0.1) is 0 Å². The number of hydrogen-bond donors (Lipinski definition) is 2. The SMILES string of the molecule is CO.COc1cc(SC)ccc1NCC=O. The highest BCUT2D eigenvalue weighted by molar-refractivity contribution is 7.98. The fourth-order valence-electron chi connectivity index (χ4n) is 1.10. The van der Waals surface area contributed by atoms with Gasteiger partial charge in [0.25, 0.3) is 0 Å². The predicted molar refractivity (Wildman–Crippen MR) is 67.5 cm³/mol. The normalized spacial score (nSPS) is 8.75. The van der Waals surface area contributed by atoms with E-state index in [0.717, 1.165) is 29.7 Å². The van der Waals surface area contributed by atoms with Crippen LogP contribution in [0.1, 0.15) is 0 Å². The molecule has 0 heterocycles. The first-order valence-electron chi connectivity index (χ1n) is 4.66. The number of aliphatic hydroxyl groups is 1. The van der Waals surface area contributed by atoms with Gasteiger partial charge in [-0.3, -0.25) is 0 Å². The van der Waals surface area contributed by atoms with E-state index in [1.54, 1.807) is 18.9 Å². The lowest BCUT2D eigenvalue weighted by Gasteiger charge is -2.09. The molecule has 0 fully saturated rings. The maximum atomic E-state index is 10.2. The third-order valence-corrected chi connectivity index (χ3v) is 2.51. The van der Waals surface area contributed by atoms with Crippen molar-refractivity contribution in [2.75, 3.05) is 32.3 Å². The fraction of sp³-hybridized carbons (Fsp3) is 0.364. The highest BCUT2D eigenvalue weighted by atomic mass is 32.2. The van der Waals surface area contributed by atoms with E-state index < -0.39 is 0 Å². The Hall–Kier alpha value is -1.20. The van der Waals surface area contributed by atoms with Crippen LogP contribution in [0.3, 0.4) is 0 Å². The smallest absolute Gasteiger partial charge is 0.143 e. The minimum absolute atomic E-state index is 0.301. The predicted octanol–water partition coefficient (Wildman–Crippen LogP) is 1.64. The third kappa shape index (κ3) is 4.55. The van der Waals surface area contributed by atoms with Gasteiger partial charge in [-0.25, -0.2) is 0 Å². The molecule has 0 unspecified atom stereocenters. The highest BCUT2D eigenvalue weighted by Gasteiger charge is 2.02. The molecule has 0 bridgehead atoms. The Morgan fingerprint density at radius 2 is 2.19 bits per heavy atom. The topological polar surface area (TPSA) is 58.6 Å². The molecule has 90 valence electrons. The van der Waals surface area contributed by atoms with Gasteiger partial charge in [0.2, 0.25) is 0 Å². The quantitative estimate of drug-likeness (QED) is 0.608. The van der Waals surface area contributed by atoms with Gasteiger partial charge in [0.05, 0.1) is 19.3 Å². The summed E-state index contributed by atoms with van der Waals surface area (Å²) in [7, 11) is 2.62. The van der Waals surface area contributed by atoms with E-state index in [1.165, 1.54) is 0 Å². The molecule has 0 aromatic heterocycles. The lowest BCUT2D eigenvalue weighted by molar-refractivity contribution is -0.106. The molecule has 0 saturated carbocycles. The summed E-state index contributed by atoms with van der Waals surface area (Å²) in [5.74, 6) is 0.763. The number of benzene rings is 1. The fourth-order valence-corrected chi connectivity index (χ4v) is 1.53. The van der Waals surface area contributed by atoms with E-state index >= 15 is 0 Å². The van der Waals surface area contributed by atoms with Gasteiger partial charge in [-0.1, -0.05) is 0 Å². The van der Waals surface area contributed by atoms with Crippen molar-refractivity contribution >= 4 is 23.7 Å². The first-order chi connectivity index (χ1) is 7.81. The molecule has 16 heavy (non-hydrogen) atoms. The van der Waals surface area contributed by atoms with Crippen molar-refractivity contribution in [2.24, 2.45) is 0 Å². The van der Waals surface area contributed by atoms with Gasteiger partial charge in [0, 0.05) is 12.0 Å². The van der Waals surface area contributed by atoms with Crippen LogP contribution in [-0.4, -0.2) is 38.4 Å². The zero-order valence-electron chi connectivity index (χ0n) is 9.69. The maximum absolute atomic E-state index is 10.2. The van der Waals surface area contributed by atoms with E-state index in [-0.39, 0.29) is 0 Å². The van der Waals surface area contributed by atoms with E-state index in [4.69, 9.17) is 9.84 Å². The number of methoxy groups -OCH3 is 1. The molecule has 0 atom stereocenters. The van der Waals surface area contributed by atoms with E-state index in [1.807, 2.05) is 24.5 Å². The zero-order chi connectivity index (χ0) is 12.4. The molecule has 0 amide bonds. The summed E-state index contributed by atoms with van der Waals surface area (Å²) in [5.41, 5.74) is 0.845. The Morgan fingerprint density at radius 3 is 2.69 bits per heavy atom. The number of aliphatic hydroxyl groups excluding tert-OH is 1. The van der Waals surface area contributed by atoms with Gasteiger partial charge in [0.1, 0.15) is 12.0 Å². The summed E-state index contributed by atoms with van der Waals surface area (Å²) < 4.78 is 5.19. The van der Waals surface area contributed by atoms with Crippen LogP contribution >= 0.6 is 11.8 Å². The Morgan fingerprint density at radius 1 is 1.50 bits per heavy atom. The maximum Gasteiger partial charge on any atom is 0.143 e. The van der Waals surface area contributed by atoms with Crippen LogP contribution in [0.2, 0.25) is 0 Å². The van der Waals surface area contributed by atoms with E-state index in [2.05, 4.69) is 5.32 Å². The number of hydrogen-bond acceptors (Lipinski definition) is 5. The molecule has 4 nitrogen and oxygen atoms in total. The molecule has 1 rings (SSSR count). The highest BCUT2D eigenvalue weighted by Crippen LogP contribution is 2.28. The standard InChI is InChI=1S/C10H13NO2S.CH4O/c1-13-10-7-8(14-2)3-4-9(10)11-5-6-12;1-2/h3-4,6-7,11H,5H2,1-2H3;2H,1H3. The Bertz CT molecular complexity index is 318. The average molecular weight is 243 g/mol. The lowest BCUT2D eigenvalue weighted by atomic mass is 10.3. The molecule has 1 aromatic carbocycles. The second kappa shape index (κ2) is 9.06. The Labute approximate surface area is 100 Å². The second-order valence-electron chi connectivity index (χ2n) is 2.61. The minimum atomic E-state index is 0.301. The number of anilines is 1. The lowest BCUT2D eigenvalue weighted by Crippen LogP contribution is -2.03. The molecule has 0 aliphatic heterocycles. The van der Waals surface area contributed by atoms with Gasteiger partial charge in [-0.2, -0.15) is 0 Å². The summed E-state index contributed by atoms with van der Waals surface area (Å²) in [6.07, 6.45) is 2.83. The van der Waals surface area contributed by atoms with E-state index in [0.29, 0.717) is 6.54 Å². The number of thioether (sulfide) groups is 1. The number of nitrogens with one attached hydrogen (secondary N) is 1. The van der Waals surface area contributed by atoms with Crippen molar-refractivity contribution in [3.05, 3.63) is 18.2 Å². The van der Waals surface area contributed by atoms with Crippen molar-refractivity contribution in [1.29, 1.82) is 0 Å². The second-order valence-corrected chi connectivity index (χ2v) is 3.49. The number of carbonyl (C=O) groups excluding carboxylic acids is 1. The van der Waals surface area contributed by atoms with Gasteiger partial charge in [-0.05, 0) is 24.5 Å². The molecule has 0 spiro atoms. The Balaban J connectivity index is 0.00000106. The van der Waals surface area contributed by atoms with Crippen molar-refractivity contribution in [3.63, 3.8) is 0 Å². The first kappa shape index (κ1) is 14.8. The van der Waals surface area contributed by atoms with Crippen LogP contribution < -0.4 is 10.1 Å². The number of carbonyl (C=O) groups is 1. The number of rotatable bonds is 5. The summed E-state index contributed by atoms with van der Waals surface area (Å²) >= 11 is 1.65. The van der Waals surface area contributed by atoms with Gasteiger partial charge >= 0.3 is 0 Å². The van der Waals surface area contributed by atoms with Crippen molar-refractivity contribution < 1.29 is 14.6 Å². The molecular weight excluding hydrogens is 226 g/mol. The average Bonchev–Trinajstić information content (AvgIpc) is 2.38. The minimum Gasteiger partial charge on any atom is -0.495 e. The van der Waals surface area contributed by atoms with Crippen molar-refractivity contribution in [2.45, 2.75) is 4.90 Å².